The van der Waals surface area contributed by atoms with Gasteiger partial charge in [0.05, 0.1) is 0 Å². The maximum absolute atomic E-state index is 13.2. The first-order valence-electron chi connectivity index (χ1n) is 4.11. The van der Waals surface area contributed by atoms with Crippen LogP contribution in [0, 0.1) is 12.7 Å². The average molecular weight is 167 g/mol. The minimum Gasteiger partial charge on any atom is -0.328 e. The number of aryl methyl sites for hydroxylation is 1. The van der Waals surface area contributed by atoms with Crippen LogP contribution in [0.5, 0.6) is 0 Å². The molecule has 0 fully saturated rings. The molecule has 1 aromatic carbocycles. The Bertz CT molecular complexity index is 248. The Morgan fingerprint density at radius 3 is 2.67 bits per heavy atom. The summed E-state index contributed by atoms with van der Waals surface area (Å²) in [5.41, 5.74) is 7.32. The lowest BCUT2D eigenvalue weighted by molar-refractivity contribution is 0.593. The van der Waals surface area contributed by atoms with Crippen molar-refractivity contribution in [3.63, 3.8) is 0 Å². The molecule has 0 aliphatic rings. The summed E-state index contributed by atoms with van der Waals surface area (Å²) in [6.45, 7) is 3.78. The van der Waals surface area contributed by atoms with Gasteiger partial charge in [-0.05, 0) is 37.5 Å². The molecule has 12 heavy (non-hydrogen) atoms. The van der Waals surface area contributed by atoms with Crippen LogP contribution < -0.4 is 5.73 Å². The van der Waals surface area contributed by atoms with Gasteiger partial charge >= 0.3 is 0 Å². The molecular formula is C10H14FN. The summed E-state index contributed by atoms with van der Waals surface area (Å²) >= 11 is 0. The Balaban J connectivity index is 2.96. The van der Waals surface area contributed by atoms with E-state index in [1.807, 2.05) is 19.9 Å². The highest BCUT2D eigenvalue weighted by atomic mass is 19.1. The van der Waals surface area contributed by atoms with Crippen LogP contribution in [0.25, 0.3) is 0 Å². The molecule has 0 aliphatic heterocycles. The van der Waals surface area contributed by atoms with Crippen molar-refractivity contribution in [1.29, 1.82) is 0 Å². The fraction of sp³-hybridized carbons (Fsp3) is 0.400. The molecule has 1 rings (SSSR count). The van der Waals surface area contributed by atoms with Crippen LogP contribution >= 0.6 is 0 Å². The fourth-order valence-corrected chi connectivity index (χ4v) is 1.25. The van der Waals surface area contributed by atoms with Crippen LogP contribution in [0.3, 0.4) is 0 Å². The van der Waals surface area contributed by atoms with Crippen molar-refractivity contribution in [2.75, 3.05) is 0 Å². The molecule has 2 N–H and O–H groups in total. The van der Waals surface area contributed by atoms with E-state index < -0.39 is 0 Å². The third-order valence-electron chi connectivity index (χ3n) is 1.88. The van der Waals surface area contributed by atoms with Crippen LogP contribution in [0.15, 0.2) is 18.2 Å². The standard InChI is InChI=1S/C10H14FN/c1-7-4-3-5-10(11)9(7)6-8(2)12/h3-5,8H,6,12H2,1-2H3. The normalized spacial score (nSPS) is 13.0. The highest BCUT2D eigenvalue weighted by Crippen LogP contribution is 2.13. The smallest absolute Gasteiger partial charge is 0.126 e. The molecule has 0 bridgehead atoms. The molecule has 0 heterocycles. The number of nitrogens with two attached hydrogens (primary N) is 1. The minimum atomic E-state index is -0.146. The van der Waals surface area contributed by atoms with Crippen LogP contribution in [0.4, 0.5) is 4.39 Å². The van der Waals surface area contributed by atoms with Crippen LogP contribution in [-0.2, 0) is 6.42 Å². The van der Waals surface area contributed by atoms with Crippen molar-refractivity contribution >= 4 is 0 Å². The molecule has 0 saturated carbocycles. The first-order chi connectivity index (χ1) is 5.61. The van der Waals surface area contributed by atoms with Gasteiger partial charge in [-0.1, -0.05) is 12.1 Å². The van der Waals surface area contributed by atoms with Crippen molar-refractivity contribution in [3.05, 3.63) is 35.1 Å². The summed E-state index contributed by atoms with van der Waals surface area (Å²) in [6.07, 6.45) is 0.610. The Morgan fingerprint density at radius 2 is 2.17 bits per heavy atom. The van der Waals surface area contributed by atoms with E-state index in [2.05, 4.69) is 0 Å². The zero-order chi connectivity index (χ0) is 9.14. The van der Waals surface area contributed by atoms with E-state index in [1.54, 1.807) is 6.07 Å². The fourth-order valence-electron chi connectivity index (χ4n) is 1.25. The number of hydrogen-bond acceptors (Lipinski definition) is 1. The third kappa shape index (κ3) is 2.05. The average Bonchev–Trinajstić information content (AvgIpc) is 1.97. The SMILES string of the molecule is Cc1cccc(F)c1CC(C)N. The molecule has 0 saturated heterocycles. The Labute approximate surface area is 72.4 Å². The summed E-state index contributed by atoms with van der Waals surface area (Å²) in [7, 11) is 0. The van der Waals surface area contributed by atoms with Gasteiger partial charge in [-0.15, -0.1) is 0 Å². The molecule has 1 nitrogen and oxygen atoms in total. The largest absolute Gasteiger partial charge is 0.328 e. The van der Waals surface area contributed by atoms with E-state index in [0.29, 0.717) is 6.42 Å². The van der Waals surface area contributed by atoms with Crippen LogP contribution in [0.1, 0.15) is 18.1 Å². The molecule has 0 spiro atoms. The number of benzene rings is 1. The van der Waals surface area contributed by atoms with Crippen molar-refractivity contribution in [2.45, 2.75) is 26.3 Å². The van der Waals surface area contributed by atoms with Crippen molar-refractivity contribution in [2.24, 2.45) is 5.73 Å². The van der Waals surface area contributed by atoms with Gasteiger partial charge in [-0.2, -0.15) is 0 Å². The van der Waals surface area contributed by atoms with E-state index in [0.717, 1.165) is 11.1 Å². The van der Waals surface area contributed by atoms with Gasteiger partial charge in [-0.3, -0.25) is 0 Å². The van der Waals surface area contributed by atoms with Crippen molar-refractivity contribution in [1.82, 2.24) is 0 Å². The van der Waals surface area contributed by atoms with Gasteiger partial charge in [0.1, 0.15) is 5.82 Å². The Morgan fingerprint density at radius 1 is 1.50 bits per heavy atom. The van der Waals surface area contributed by atoms with Crippen molar-refractivity contribution < 1.29 is 4.39 Å². The second-order valence-electron chi connectivity index (χ2n) is 3.22. The molecule has 1 atom stereocenters. The maximum Gasteiger partial charge on any atom is 0.126 e. The van der Waals surface area contributed by atoms with Gasteiger partial charge in [0, 0.05) is 6.04 Å². The lowest BCUT2D eigenvalue weighted by Gasteiger charge is -2.09. The highest BCUT2D eigenvalue weighted by molar-refractivity contribution is 5.27. The Hall–Kier alpha value is -0.890. The van der Waals surface area contributed by atoms with E-state index >= 15 is 0 Å². The first-order valence-corrected chi connectivity index (χ1v) is 4.11. The van der Waals surface area contributed by atoms with E-state index in [-0.39, 0.29) is 11.9 Å². The van der Waals surface area contributed by atoms with E-state index in [9.17, 15) is 4.39 Å². The molecule has 0 aliphatic carbocycles. The lowest BCUT2D eigenvalue weighted by atomic mass is 10.0. The summed E-state index contributed by atoms with van der Waals surface area (Å²) in [5.74, 6) is -0.146. The summed E-state index contributed by atoms with van der Waals surface area (Å²) < 4.78 is 13.2. The van der Waals surface area contributed by atoms with Gasteiger partial charge < -0.3 is 5.73 Å². The van der Waals surface area contributed by atoms with Gasteiger partial charge in [0.2, 0.25) is 0 Å². The molecule has 66 valence electrons. The topological polar surface area (TPSA) is 26.0 Å². The van der Waals surface area contributed by atoms with Gasteiger partial charge in [-0.25, -0.2) is 4.39 Å². The molecule has 0 amide bonds. The van der Waals surface area contributed by atoms with Crippen LogP contribution in [-0.4, -0.2) is 6.04 Å². The maximum atomic E-state index is 13.2. The van der Waals surface area contributed by atoms with Gasteiger partial charge in [0.15, 0.2) is 0 Å². The second-order valence-corrected chi connectivity index (χ2v) is 3.22. The van der Waals surface area contributed by atoms with Crippen LogP contribution in [0.2, 0.25) is 0 Å². The molecule has 2 heteroatoms. The number of rotatable bonds is 2. The Kier molecular flexibility index (Phi) is 2.82. The van der Waals surface area contributed by atoms with Gasteiger partial charge in [0.25, 0.3) is 0 Å². The summed E-state index contributed by atoms with van der Waals surface area (Å²) in [4.78, 5) is 0. The molecular weight excluding hydrogens is 153 g/mol. The summed E-state index contributed by atoms with van der Waals surface area (Å²) in [6, 6.07) is 5.11. The number of halogens is 1. The summed E-state index contributed by atoms with van der Waals surface area (Å²) in [5, 5.41) is 0. The zero-order valence-corrected chi connectivity index (χ0v) is 7.47. The zero-order valence-electron chi connectivity index (χ0n) is 7.47. The molecule has 1 unspecified atom stereocenters. The minimum absolute atomic E-state index is 0.0144. The second kappa shape index (κ2) is 3.68. The third-order valence-corrected chi connectivity index (χ3v) is 1.88. The van der Waals surface area contributed by atoms with Crippen molar-refractivity contribution in [3.8, 4) is 0 Å². The highest BCUT2D eigenvalue weighted by Gasteiger charge is 2.06. The lowest BCUT2D eigenvalue weighted by Crippen LogP contribution is -2.19. The monoisotopic (exact) mass is 167 g/mol. The molecule has 1 aromatic rings. The molecule has 0 aromatic heterocycles. The quantitative estimate of drug-likeness (QED) is 0.716. The number of hydrogen-bond donors (Lipinski definition) is 1. The predicted molar refractivity (Wildman–Crippen MR) is 48.5 cm³/mol. The first kappa shape index (κ1) is 9.20. The van der Waals surface area contributed by atoms with E-state index in [4.69, 9.17) is 5.73 Å². The predicted octanol–water partition coefficient (Wildman–Crippen LogP) is 2.02. The van der Waals surface area contributed by atoms with E-state index in [1.165, 1.54) is 6.07 Å². The molecule has 0 radical (unpaired) electrons.